The summed E-state index contributed by atoms with van der Waals surface area (Å²) in [7, 11) is 0. The number of ketones is 2. The molecule has 3 fully saturated rings. The van der Waals surface area contributed by atoms with E-state index in [0.717, 1.165) is 24.8 Å². The molecular weight excluding hydrogens is 500 g/mol. The number of rotatable bonds is 6. The second-order valence-electron chi connectivity index (χ2n) is 11.4. The summed E-state index contributed by atoms with van der Waals surface area (Å²) in [4.78, 5) is 37.5. The van der Waals surface area contributed by atoms with E-state index in [-0.39, 0.29) is 36.4 Å². The molecule has 0 aliphatic heterocycles. The van der Waals surface area contributed by atoms with E-state index in [0.29, 0.717) is 12.8 Å². The fourth-order valence-corrected chi connectivity index (χ4v) is 8.89. The van der Waals surface area contributed by atoms with Gasteiger partial charge in [-0.15, -0.1) is 0 Å². The van der Waals surface area contributed by atoms with E-state index in [1.807, 2.05) is 26.8 Å². The van der Waals surface area contributed by atoms with Crippen molar-refractivity contribution in [3.63, 3.8) is 0 Å². The van der Waals surface area contributed by atoms with E-state index in [9.17, 15) is 24.6 Å². The Morgan fingerprint density at radius 2 is 1.97 bits per heavy atom. The van der Waals surface area contributed by atoms with Crippen molar-refractivity contribution in [1.29, 1.82) is 0 Å². The number of fused-ring (bicyclic) bond motifs is 5. The van der Waals surface area contributed by atoms with E-state index >= 15 is 0 Å². The van der Waals surface area contributed by atoms with Gasteiger partial charge in [-0.05, 0) is 62.0 Å². The number of allylic oxidation sites excluding steroid dienone is 4. The lowest BCUT2D eigenvalue weighted by molar-refractivity contribution is -0.181. The van der Waals surface area contributed by atoms with E-state index in [1.54, 1.807) is 12.2 Å². The van der Waals surface area contributed by atoms with Crippen molar-refractivity contribution in [2.45, 2.75) is 88.7 Å². The smallest absolute Gasteiger partial charge is 0.306 e. The first-order valence-electron chi connectivity index (χ1n) is 12.6. The van der Waals surface area contributed by atoms with Crippen LogP contribution in [0.15, 0.2) is 23.8 Å². The number of carbonyl (C=O) groups is 3. The summed E-state index contributed by atoms with van der Waals surface area (Å²) in [5.41, 5.74) is -2.06. The summed E-state index contributed by atoms with van der Waals surface area (Å²) in [6.45, 7) is 7.41. The Morgan fingerprint density at radius 1 is 1.26 bits per heavy atom. The minimum atomic E-state index is -1.69. The largest absolute Gasteiger partial charge is 0.458 e. The fourth-order valence-electron chi connectivity index (χ4n) is 7.79. The molecule has 0 radical (unpaired) electrons. The molecule has 4 aliphatic rings. The number of hydrogen-bond donors (Lipinski definition) is 2. The lowest BCUT2D eigenvalue weighted by Crippen LogP contribution is -2.68. The van der Waals surface area contributed by atoms with Gasteiger partial charge in [0.25, 0.3) is 0 Å². The van der Waals surface area contributed by atoms with Crippen LogP contribution < -0.4 is 0 Å². The molecule has 0 aromatic rings. The Labute approximate surface area is 210 Å². The van der Waals surface area contributed by atoms with Gasteiger partial charge in [0.15, 0.2) is 12.4 Å². The Bertz CT molecular complexity index is 957. The molecule has 0 bridgehead atoms. The summed E-state index contributed by atoms with van der Waals surface area (Å²) in [6.07, 6.45) is 8.54. The van der Waals surface area contributed by atoms with Crippen molar-refractivity contribution in [2.24, 2.45) is 28.6 Å². The maximum atomic E-state index is 13.4. The zero-order valence-corrected chi connectivity index (χ0v) is 22.2. The van der Waals surface area contributed by atoms with Gasteiger partial charge in [0, 0.05) is 17.3 Å². The number of halogens is 1. The minimum absolute atomic E-state index is 0.00219. The van der Waals surface area contributed by atoms with Crippen LogP contribution in [0, 0.1) is 28.6 Å². The molecule has 0 spiro atoms. The monoisotopic (exact) mass is 536 g/mol. The summed E-state index contributed by atoms with van der Waals surface area (Å²) in [6, 6.07) is 0. The van der Waals surface area contributed by atoms with Crippen LogP contribution in [-0.4, -0.2) is 50.4 Å². The highest BCUT2D eigenvalue weighted by Gasteiger charge is 2.74. The predicted octanol–water partition coefficient (Wildman–Crippen LogP) is 4.06. The Balaban J connectivity index is 1.65. The molecule has 0 amide bonds. The highest BCUT2D eigenvalue weighted by molar-refractivity contribution is 9.10. The molecule has 0 aromatic heterocycles. The number of alkyl halides is 1. The van der Waals surface area contributed by atoms with Crippen LogP contribution >= 0.6 is 15.9 Å². The molecule has 7 heteroatoms. The number of aliphatic hydroxyl groups excluding tert-OH is 1. The molecule has 3 saturated carbocycles. The Kier molecular flexibility index (Phi) is 6.57. The van der Waals surface area contributed by atoms with E-state index in [4.69, 9.17) is 4.74 Å². The molecule has 0 unspecified atom stereocenters. The van der Waals surface area contributed by atoms with Gasteiger partial charge in [-0.1, -0.05) is 61.7 Å². The van der Waals surface area contributed by atoms with Crippen LogP contribution in [0.3, 0.4) is 0 Å². The summed E-state index contributed by atoms with van der Waals surface area (Å²) in [5.74, 6) is -1.28. The molecule has 2 N–H and O–H groups in total. The maximum Gasteiger partial charge on any atom is 0.306 e. The zero-order chi connectivity index (χ0) is 25.1. The molecule has 6 nitrogen and oxygen atoms in total. The van der Waals surface area contributed by atoms with Gasteiger partial charge in [0.2, 0.25) is 5.78 Å². The van der Waals surface area contributed by atoms with E-state index in [1.165, 1.54) is 0 Å². The number of unbranched alkanes of at least 4 members (excludes halogenated alkanes) is 1. The van der Waals surface area contributed by atoms with Crippen LogP contribution in [0.2, 0.25) is 0 Å². The number of carbonyl (C=O) groups excluding carboxylic acids is 3. The molecule has 34 heavy (non-hydrogen) atoms. The summed E-state index contributed by atoms with van der Waals surface area (Å²) in [5, 5.41) is 23.6. The van der Waals surface area contributed by atoms with Crippen LogP contribution in [0.4, 0.5) is 0 Å². The minimum Gasteiger partial charge on any atom is -0.458 e. The number of esters is 1. The van der Waals surface area contributed by atoms with Crippen LogP contribution in [0.5, 0.6) is 0 Å². The van der Waals surface area contributed by atoms with Gasteiger partial charge in [-0.3, -0.25) is 14.4 Å². The topological polar surface area (TPSA) is 101 Å². The number of aliphatic hydroxyl groups is 2. The molecule has 4 rings (SSSR count). The molecule has 0 saturated heterocycles. The number of Topliss-reactive ketones (excluding diaryl/α,β-unsaturated/α-hetero) is 1. The Morgan fingerprint density at radius 3 is 2.65 bits per heavy atom. The van der Waals surface area contributed by atoms with Crippen molar-refractivity contribution in [2.75, 3.05) is 6.61 Å². The highest BCUT2D eigenvalue weighted by Crippen LogP contribution is 2.71. The number of ether oxygens (including phenoxy) is 1. The van der Waals surface area contributed by atoms with Crippen LogP contribution in [0.1, 0.15) is 72.6 Å². The number of hydrogen-bond acceptors (Lipinski definition) is 6. The quantitative estimate of drug-likeness (QED) is 0.392. The lowest BCUT2D eigenvalue weighted by Gasteiger charge is -2.64. The average Bonchev–Trinajstić information content (AvgIpc) is 2.99. The van der Waals surface area contributed by atoms with Gasteiger partial charge in [-0.25, -0.2) is 0 Å². The average molecular weight is 537 g/mol. The molecule has 0 heterocycles. The zero-order valence-electron chi connectivity index (χ0n) is 20.6. The third-order valence-corrected chi connectivity index (χ3v) is 11.7. The van der Waals surface area contributed by atoms with Crippen molar-refractivity contribution in [1.82, 2.24) is 0 Å². The molecule has 4 aliphatic carbocycles. The standard InChI is InChI=1S/C27H37BrO6/c1-5-6-7-23(32)34-15-22(31)27(33)16(2)12-20-19-9-8-17-13-18(29)10-11-24(17,3)26(19,28)21(30)14-25(20,27)4/h10-11,13,16,19-21,30,33H,5-9,12,14-15H2,1-4H3/t16-,19-,20-,21-,24-,25-,26-,27-/m0/s1. The second-order valence-corrected chi connectivity index (χ2v) is 12.7. The summed E-state index contributed by atoms with van der Waals surface area (Å²) >= 11 is 4.00. The molecule has 188 valence electrons. The van der Waals surface area contributed by atoms with E-state index < -0.39 is 45.2 Å². The highest BCUT2D eigenvalue weighted by atomic mass is 79.9. The van der Waals surface area contributed by atoms with E-state index in [2.05, 4.69) is 22.9 Å². The summed E-state index contributed by atoms with van der Waals surface area (Å²) < 4.78 is 4.54. The van der Waals surface area contributed by atoms with Crippen molar-refractivity contribution in [3.8, 4) is 0 Å². The molecule has 8 atom stereocenters. The first kappa shape index (κ1) is 25.8. The second kappa shape index (κ2) is 8.67. The van der Waals surface area contributed by atoms with Gasteiger partial charge < -0.3 is 14.9 Å². The molecule has 0 aromatic carbocycles. The van der Waals surface area contributed by atoms with Gasteiger partial charge >= 0.3 is 5.97 Å². The van der Waals surface area contributed by atoms with Crippen molar-refractivity contribution < 1.29 is 29.3 Å². The maximum absolute atomic E-state index is 13.4. The SMILES string of the molecule is CCCCC(=O)OCC(=O)[C@@]1(O)[C@@H](C)C[C@H]2[C@@H]3CCC4=CC(=O)C=C[C@]4(C)[C@@]3(Br)[C@@H](O)C[C@@]21C. The molecular formula is C27H37BrO6. The first-order valence-corrected chi connectivity index (χ1v) is 13.4. The fraction of sp³-hybridized carbons (Fsp3) is 0.741. The van der Waals surface area contributed by atoms with Crippen molar-refractivity contribution >= 4 is 33.5 Å². The Hall–Kier alpha value is -1.31. The van der Waals surface area contributed by atoms with Gasteiger partial charge in [0.1, 0.15) is 5.60 Å². The third-order valence-electron chi connectivity index (χ3n) is 9.75. The van der Waals surface area contributed by atoms with Crippen LogP contribution in [-0.2, 0) is 19.1 Å². The third kappa shape index (κ3) is 3.36. The van der Waals surface area contributed by atoms with Gasteiger partial charge in [-0.2, -0.15) is 0 Å². The van der Waals surface area contributed by atoms with Gasteiger partial charge in [0.05, 0.1) is 10.4 Å². The lowest BCUT2D eigenvalue weighted by atomic mass is 9.46. The normalized spacial score (nSPS) is 45.1. The predicted molar refractivity (Wildman–Crippen MR) is 131 cm³/mol. The first-order chi connectivity index (χ1) is 15.9. The van der Waals surface area contributed by atoms with Crippen LogP contribution in [0.25, 0.3) is 0 Å². The van der Waals surface area contributed by atoms with Crippen molar-refractivity contribution in [3.05, 3.63) is 23.8 Å².